The second kappa shape index (κ2) is 4.71. The molecule has 0 saturated heterocycles. The fraction of sp³-hybridized carbons (Fsp3) is 0. The molecule has 0 radical (unpaired) electrons. The van der Waals surface area contributed by atoms with Crippen LogP contribution in [0.15, 0.2) is 60.7 Å². The third kappa shape index (κ3) is 3.14. The SMILES string of the molecule is [I][Cu]([I])([I])([I])([c]1ccccc1)[c]1ccccc1. The third-order valence-corrected chi connectivity index (χ3v) is 17.3. The predicted molar refractivity (Wildman–Crippen MR) is 108 cm³/mol. The number of rotatable bonds is 2. The Labute approximate surface area is 146 Å². The number of hydrogen-bond donors (Lipinski definition) is 0. The van der Waals surface area contributed by atoms with Crippen molar-refractivity contribution in [2.75, 3.05) is 0 Å². The molecule has 0 aliphatic carbocycles. The molecule has 2 aromatic rings. The number of benzene rings is 2. The van der Waals surface area contributed by atoms with E-state index in [4.69, 9.17) is 0 Å². The maximum atomic E-state index is 2.65. The molecule has 0 aliphatic heterocycles. The van der Waals surface area contributed by atoms with E-state index in [0.29, 0.717) is 0 Å². The van der Waals surface area contributed by atoms with E-state index >= 15 is 0 Å². The van der Waals surface area contributed by atoms with Gasteiger partial charge in [0.15, 0.2) is 0 Å². The predicted octanol–water partition coefficient (Wildman–Crippen LogP) is 5.26. The number of hydrogen-bond acceptors (Lipinski definition) is 0. The monoisotopic (exact) mass is 725 g/mol. The zero-order valence-electron chi connectivity index (χ0n) is 8.59. The molecule has 0 N–H and O–H groups in total. The quantitative estimate of drug-likeness (QED) is 0.293. The first-order valence-corrected chi connectivity index (χ1v) is 17.7. The van der Waals surface area contributed by atoms with Crippen LogP contribution in [0.3, 0.4) is 0 Å². The Kier molecular flexibility index (Phi) is 4.23. The summed E-state index contributed by atoms with van der Waals surface area (Å²) in [6.45, 7) is 0. The molecule has 17 heavy (non-hydrogen) atoms. The summed E-state index contributed by atoms with van der Waals surface area (Å²) in [5.41, 5.74) is 0. The minimum atomic E-state index is -2.46. The fourth-order valence-corrected chi connectivity index (χ4v) is 10.4. The molecule has 97 valence electrons. The average molecular weight is 725 g/mol. The van der Waals surface area contributed by atoms with E-state index in [1.165, 1.54) is 8.92 Å². The van der Waals surface area contributed by atoms with Crippen LogP contribution in [0.2, 0.25) is 0 Å². The van der Waals surface area contributed by atoms with Gasteiger partial charge in [0.1, 0.15) is 0 Å². The Morgan fingerprint density at radius 3 is 1.12 bits per heavy atom. The molecule has 0 amide bonds. The van der Waals surface area contributed by atoms with Crippen LogP contribution in [0, 0.1) is 0 Å². The van der Waals surface area contributed by atoms with Gasteiger partial charge in [-0.1, -0.05) is 0 Å². The van der Waals surface area contributed by atoms with Crippen LogP contribution >= 0.6 is 81.4 Å². The molecule has 0 aromatic heterocycles. The molecule has 0 spiro atoms. The van der Waals surface area contributed by atoms with Crippen LogP contribution in [-0.4, -0.2) is 0 Å². The van der Waals surface area contributed by atoms with Gasteiger partial charge >= 0.3 is 149 Å². The van der Waals surface area contributed by atoms with Crippen LogP contribution in [0.4, 0.5) is 0 Å². The molecule has 0 nitrogen and oxygen atoms in total. The second-order valence-corrected chi connectivity index (χ2v) is 64.5. The Bertz CT molecular complexity index is 484. The minimum absolute atomic E-state index is 1.39. The molecule has 0 saturated carbocycles. The Hall–Kier alpha value is 1.88. The van der Waals surface area contributed by atoms with E-state index in [-0.39, 0.29) is 0 Å². The van der Waals surface area contributed by atoms with E-state index in [2.05, 4.69) is 142 Å². The van der Waals surface area contributed by atoms with Crippen molar-refractivity contribution in [2.24, 2.45) is 0 Å². The van der Waals surface area contributed by atoms with Crippen molar-refractivity contribution < 1.29 is -2.27 Å². The first-order valence-electron chi connectivity index (χ1n) is 4.58. The molecule has 2 aromatic carbocycles. The zero-order chi connectivity index (χ0) is 12.6. The molecule has 0 heterocycles. The fourth-order valence-electron chi connectivity index (χ4n) is 1.30. The molecular formula is C12H10CuI4. The van der Waals surface area contributed by atoms with Crippen LogP contribution in [-0.2, 0) is -2.27 Å². The number of halogens is 4. The van der Waals surface area contributed by atoms with Gasteiger partial charge in [0, 0.05) is 0 Å². The summed E-state index contributed by atoms with van der Waals surface area (Å²) in [7, 11) is 0. The van der Waals surface area contributed by atoms with E-state index in [1.807, 2.05) is 0 Å². The summed E-state index contributed by atoms with van der Waals surface area (Å²) >= 11 is 10.6. The van der Waals surface area contributed by atoms with Gasteiger partial charge in [-0.25, -0.2) is 0 Å². The second-order valence-electron chi connectivity index (χ2n) is 3.29. The van der Waals surface area contributed by atoms with Crippen LogP contribution < -0.4 is 8.92 Å². The van der Waals surface area contributed by atoms with E-state index < -0.39 is -2.27 Å². The summed E-state index contributed by atoms with van der Waals surface area (Å²) < 4.78 is 0.317. The van der Waals surface area contributed by atoms with Gasteiger partial charge in [0.05, 0.1) is 0 Å². The summed E-state index contributed by atoms with van der Waals surface area (Å²) in [5, 5.41) is 0. The first kappa shape index (κ1) is 15.3. The van der Waals surface area contributed by atoms with Gasteiger partial charge in [-0.2, -0.15) is 0 Å². The van der Waals surface area contributed by atoms with Gasteiger partial charge in [-0.05, 0) is 0 Å². The van der Waals surface area contributed by atoms with Gasteiger partial charge in [-0.3, -0.25) is 0 Å². The van der Waals surface area contributed by atoms with Gasteiger partial charge in [0.25, 0.3) is 0 Å². The van der Waals surface area contributed by atoms with Crippen LogP contribution in [0.1, 0.15) is 0 Å². The van der Waals surface area contributed by atoms with Gasteiger partial charge < -0.3 is 0 Å². The van der Waals surface area contributed by atoms with Gasteiger partial charge in [0.2, 0.25) is 0 Å². The standard InChI is InChI=1S/2C6H5.Cu.4HI/c2*1-2-4-6-5-3-1;;;;;/h2*1-5H;;4*1H/q;;+4;;;;/p-4. The Balaban J connectivity index is 2.76. The third-order valence-electron chi connectivity index (χ3n) is 2.12. The Morgan fingerprint density at radius 1 is 0.529 bits per heavy atom. The molecule has 5 heteroatoms. The summed E-state index contributed by atoms with van der Waals surface area (Å²) in [6, 6.07) is 21.5. The average Bonchev–Trinajstić information content (AvgIpc) is 2.30. The van der Waals surface area contributed by atoms with Crippen molar-refractivity contribution >= 4 is 90.3 Å². The van der Waals surface area contributed by atoms with E-state index in [1.54, 1.807) is 0 Å². The van der Waals surface area contributed by atoms with Gasteiger partial charge in [-0.15, -0.1) is 0 Å². The molecule has 0 fully saturated rings. The molecular weight excluding hydrogens is 715 g/mol. The summed E-state index contributed by atoms with van der Waals surface area (Å²) in [6.07, 6.45) is 0. The topological polar surface area (TPSA) is 0 Å². The van der Waals surface area contributed by atoms with E-state index in [0.717, 1.165) is 0 Å². The van der Waals surface area contributed by atoms with Crippen molar-refractivity contribution in [1.29, 1.82) is 0 Å². The zero-order valence-corrected chi connectivity index (χ0v) is 18.2. The van der Waals surface area contributed by atoms with Crippen LogP contribution in [0.5, 0.6) is 0 Å². The molecule has 2 rings (SSSR count). The van der Waals surface area contributed by atoms with E-state index in [9.17, 15) is 0 Å². The van der Waals surface area contributed by atoms with Crippen molar-refractivity contribution in [2.45, 2.75) is 0 Å². The first-order chi connectivity index (χ1) is 7.74. The van der Waals surface area contributed by atoms with Crippen molar-refractivity contribution in [3.05, 3.63) is 60.7 Å². The molecule has 0 bridgehead atoms. The normalized spacial score (nSPS) is 16.0. The van der Waals surface area contributed by atoms with Crippen molar-refractivity contribution in [3.63, 3.8) is 0 Å². The molecule has 0 unspecified atom stereocenters. The summed E-state index contributed by atoms with van der Waals surface area (Å²) in [4.78, 5) is 0. The van der Waals surface area contributed by atoms with Crippen LogP contribution in [0.25, 0.3) is 0 Å². The van der Waals surface area contributed by atoms with Crippen molar-refractivity contribution in [1.82, 2.24) is 0 Å². The van der Waals surface area contributed by atoms with Crippen molar-refractivity contribution in [3.8, 4) is 0 Å². The Morgan fingerprint density at radius 2 is 0.824 bits per heavy atom. The molecule has 0 atom stereocenters. The summed E-state index contributed by atoms with van der Waals surface area (Å²) in [5.74, 6) is 0. The molecule has 0 aliphatic rings. The maximum absolute atomic E-state index is 2.65.